The Morgan fingerprint density at radius 1 is 1.07 bits per heavy atom. The number of carbonyl (C=O) groups is 2. The highest BCUT2D eigenvalue weighted by molar-refractivity contribution is 5.89. The van der Waals surface area contributed by atoms with Crippen LogP contribution in [0, 0.1) is 0 Å². The van der Waals surface area contributed by atoms with Gasteiger partial charge < -0.3 is 20.9 Å². The van der Waals surface area contributed by atoms with Crippen LogP contribution in [0.4, 0.5) is 10.5 Å². The van der Waals surface area contributed by atoms with Crippen LogP contribution in [0.3, 0.4) is 0 Å². The number of benzene rings is 2. The first kappa shape index (κ1) is 20.4. The van der Waals surface area contributed by atoms with Crippen molar-refractivity contribution in [1.29, 1.82) is 0 Å². The van der Waals surface area contributed by atoms with Gasteiger partial charge in [-0.1, -0.05) is 24.3 Å². The molecule has 0 spiro atoms. The number of imidazole rings is 1. The van der Waals surface area contributed by atoms with Crippen LogP contribution in [0.25, 0.3) is 11.0 Å². The van der Waals surface area contributed by atoms with Crippen LogP contribution in [-0.4, -0.2) is 27.9 Å². The van der Waals surface area contributed by atoms with E-state index in [1.54, 1.807) is 0 Å². The fourth-order valence-corrected chi connectivity index (χ4v) is 2.96. The lowest BCUT2D eigenvalue weighted by atomic mass is 10.2. The number of aromatic nitrogens is 2. The van der Waals surface area contributed by atoms with E-state index in [0.717, 1.165) is 35.3 Å². The van der Waals surface area contributed by atoms with Crippen molar-refractivity contribution < 1.29 is 9.59 Å². The molecular weight excluding hydrogens is 366 g/mol. The van der Waals surface area contributed by atoms with Gasteiger partial charge in [-0.05, 0) is 50.1 Å². The van der Waals surface area contributed by atoms with Crippen LogP contribution >= 0.6 is 0 Å². The highest BCUT2D eigenvalue weighted by atomic mass is 16.2. The van der Waals surface area contributed by atoms with Gasteiger partial charge in [-0.15, -0.1) is 0 Å². The quantitative estimate of drug-likeness (QED) is 0.469. The van der Waals surface area contributed by atoms with Crippen LogP contribution in [0.1, 0.15) is 38.1 Å². The minimum Gasteiger partial charge on any atom is -0.352 e. The molecule has 2 aromatic carbocycles. The van der Waals surface area contributed by atoms with Gasteiger partial charge in [0.1, 0.15) is 5.82 Å². The van der Waals surface area contributed by atoms with E-state index in [-0.39, 0.29) is 18.0 Å². The second-order valence-electron chi connectivity index (χ2n) is 7.28. The molecule has 0 fully saturated rings. The molecule has 152 valence electrons. The first-order chi connectivity index (χ1) is 14.0. The van der Waals surface area contributed by atoms with Crippen molar-refractivity contribution in [2.75, 3.05) is 5.32 Å². The molecule has 29 heavy (non-hydrogen) atoms. The number of hydrogen-bond donors (Lipinski definition) is 4. The molecule has 3 amide bonds. The number of carbonyl (C=O) groups excluding carboxylic acids is 2. The van der Waals surface area contributed by atoms with Crippen molar-refractivity contribution in [2.45, 2.75) is 45.7 Å². The van der Waals surface area contributed by atoms with E-state index in [1.165, 1.54) is 0 Å². The van der Waals surface area contributed by atoms with Gasteiger partial charge >= 0.3 is 6.03 Å². The summed E-state index contributed by atoms with van der Waals surface area (Å²) in [4.78, 5) is 31.6. The summed E-state index contributed by atoms with van der Waals surface area (Å²) < 4.78 is 0. The van der Waals surface area contributed by atoms with Crippen LogP contribution in [0.5, 0.6) is 0 Å². The van der Waals surface area contributed by atoms with Gasteiger partial charge in [0.25, 0.3) is 0 Å². The number of amides is 3. The molecule has 1 heterocycles. The van der Waals surface area contributed by atoms with Gasteiger partial charge in [-0.3, -0.25) is 4.79 Å². The number of fused-ring (bicyclic) bond motifs is 1. The van der Waals surface area contributed by atoms with E-state index in [1.807, 2.05) is 62.4 Å². The van der Waals surface area contributed by atoms with Gasteiger partial charge in [0.05, 0.1) is 11.0 Å². The number of anilines is 1. The lowest BCUT2D eigenvalue weighted by Gasteiger charge is -2.11. The number of nitrogens with zero attached hydrogens (tertiary/aromatic N) is 1. The number of rotatable bonds is 8. The highest BCUT2D eigenvalue weighted by Crippen LogP contribution is 2.12. The van der Waals surface area contributed by atoms with E-state index in [4.69, 9.17) is 0 Å². The zero-order valence-corrected chi connectivity index (χ0v) is 16.8. The van der Waals surface area contributed by atoms with Crippen molar-refractivity contribution in [3.8, 4) is 0 Å². The maximum Gasteiger partial charge on any atom is 0.319 e. The smallest absolute Gasteiger partial charge is 0.319 e. The standard InChI is InChI=1S/C22H27N5O2/c1-15(2)24-22(29)25-17-12-10-16(11-13-17)14-23-21(28)9-5-8-20-26-18-6-3-4-7-19(18)27-20/h3-4,6-7,10-13,15H,5,8-9,14H2,1-2H3,(H,23,28)(H,26,27)(H2,24,25,29). The molecule has 7 nitrogen and oxygen atoms in total. The summed E-state index contributed by atoms with van der Waals surface area (Å²) in [6.45, 7) is 4.27. The van der Waals surface area contributed by atoms with Crippen LogP contribution in [0.15, 0.2) is 48.5 Å². The van der Waals surface area contributed by atoms with Gasteiger partial charge in [0.15, 0.2) is 0 Å². The van der Waals surface area contributed by atoms with Crippen molar-refractivity contribution >= 4 is 28.7 Å². The van der Waals surface area contributed by atoms with Gasteiger partial charge in [-0.2, -0.15) is 0 Å². The Morgan fingerprint density at radius 3 is 2.55 bits per heavy atom. The normalized spacial score (nSPS) is 10.9. The van der Waals surface area contributed by atoms with Gasteiger partial charge in [-0.25, -0.2) is 9.78 Å². The van der Waals surface area contributed by atoms with Gasteiger partial charge in [0, 0.05) is 31.1 Å². The van der Waals surface area contributed by atoms with Crippen molar-refractivity contribution in [2.24, 2.45) is 0 Å². The summed E-state index contributed by atoms with van der Waals surface area (Å²) in [5, 5.41) is 8.47. The zero-order valence-electron chi connectivity index (χ0n) is 16.8. The summed E-state index contributed by atoms with van der Waals surface area (Å²) in [5.74, 6) is 0.920. The Kier molecular flexibility index (Phi) is 6.84. The lowest BCUT2D eigenvalue weighted by Crippen LogP contribution is -2.34. The molecule has 0 aliphatic rings. The Morgan fingerprint density at radius 2 is 1.83 bits per heavy atom. The van der Waals surface area contributed by atoms with Crippen LogP contribution in [-0.2, 0) is 17.8 Å². The Hall–Kier alpha value is -3.35. The molecule has 0 aliphatic carbocycles. The molecule has 0 bridgehead atoms. The summed E-state index contributed by atoms with van der Waals surface area (Å²) in [7, 11) is 0. The van der Waals surface area contributed by atoms with Gasteiger partial charge in [0.2, 0.25) is 5.91 Å². The van der Waals surface area contributed by atoms with Crippen molar-refractivity contribution in [3.05, 3.63) is 59.9 Å². The van der Waals surface area contributed by atoms with Crippen LogP contribution < -0.4 is 16.0 Å². The summed E-state index contributed by atoms with van der Waals surface area (Å²) in [6, 6.07) is 15.2. The van der Waals surface area contributed by atoms with E-state index >= 15 is 0 Å². The molecule has 4 N–H and O–H groups in total. The third-order valence-electron chi connectivity index (χ3n) is 4.38. The average Bonchev–Trinajstić information content (AvgIpc) is 3.09. The second kappa shape index (κ2) is 9.73. The predicted molar refractivity (Wildman–Crippen MR) is 115 cm³/mol. The first-order valence-corrected chi connectivity index (χ1v) is 9.86. The predicted octanol–water partition coefficient (Wildman–Crippen LogP) is 3.73. The van der Waals surface area contributed by atoms with Crippen LogP contribution in [0.2, 0.25) is 0 Å². The number of urea groups is 1. The third-order valence-corrected chi connectivity index (χ3v) is 4.38. The maximum absolute atomic E-state index is 12.1. The van der Waals surface area contributed by atoms with E-state index in [2.05, 4.69) is 25.9 Å². The number of para-hydroxylation sites is 2. The highest BCUT2D eigenvalue weighted by Gasteiger charge is 2.06. The number of nitrogens with one attached hydrogen (secondary N) is 4. The number of H-pyrrole nitrogens is 1. The molecule has 3 aromatic rings. The molecule has 0 atom stereocenters. The Labute approximate surface area is 170 Å². The lowest BCUT2D eigenvalue weighted by molar-refractivity contribution is -0.121. The molecule has 7 heteroatoms. The van der Waals surface area contributed by atoms with E-state index in [0.29, 0.717) is 18.7 Å². The summed E-state index contributed by atoms with van der Waals surface area (Å²) in [5.41, 5.74) is 3.66. The number of aromatic amines is 1. The van der Waals surface area contributed by atoms with E-state index < -0.39 is 0 Å². The zero-order chi connectivity index (χ0) is 20.6. The van der Waals surface area contributed by atoms with E-state index in [9.17, 15) is 9.59 Å². The molecule has 0 unspecified atom stereocenters. The fourth-order valence-electron chi connectivity index (χ4n) is 2.96. The topological polar surface area (TPSA) is 98.9 Å². The number of hydrogen-bond acceptors (Lipinski definition) is 3. The monoisotopic (exact) mass is 393 g/mol. The van der Waals surface area contributed by atoms with Crippen molar-refractivity contribution in [3.63, 3.8) is 0 Å². The number of aryl methyl sites for hydroxylation is 1. The molecule has 0 saturated heterocycles. The summed E-state index contributed by atoms with van der Waals surface area (Å²) in [6.07, 6.45) is 1.92. The molecule has 1 aromatic heterocycles. The third kappa shape index (κ3) is 6.34. The SMILES string of the molecule is CC(C)NC(=O)Nc1ccc(CNC(=O)CCCc2nc3ccccc3[nH]2)cc1. The summed E-state index contributed by atoms with van der Waals surface area (Å²) >= 11 is 0. The largest absolute Gasteiger partial charge is 0.352 e. The molecular formula is C22H27N5O2. The van der Waals surface area contributed by atoms with Crippen molar-refractivity contribution in [1.82, 2.24) is 20.6 Å². The average molecular weight is 393 g/mol. The Bertz CT molecular complexity index is 930. The second-order valence-corrected chi connectivity index (χ2v) is 7.28. The fraction of sp³-hybridized carbons (Fsp3) is 0.318. The molecule has 0 radical (unpaired) electrons. The minimum atomic E-state index is -0.231. The Balaban J connectivity index is 1.38. The minimum absolute atomic E-state index is 0.0135. The molecule has 0 aliphatic heterocycles. The maximum atomic E-state index is 12.1. The first-order valence-electron chi connectivity index (χ1n) is 9.86. The molecule has 0 saturated carbocycles. The molecule has 3 rings (SSSR count).